The van der Waals surface area contributed by atoms with Crippen molar-refractivity contribution in [3.05, 3.63) is 60.7 Å². The van der Waals surface area contributed by atoms with Crippen molar-refractivity contribution in [1.29, 1.82) is 0 Å². The van der Waals surface area contributed by atoms with Gasteiger partial charge in [-0.25, -0.2) is 4.79 Å². The zero-order valence-electron chi connectivity index (χ0n) is 12.0. The first-order valence-corrected chi connectivity index (χ1v) is 6.69. The predicted octanol–water partition coefficient (Wildman–Crippen LogP) is 3.00. The number of nitrogens with zero attached hydrogens (tertiary/aromatic N) is 2. The maximum Gasteiger partial charge on any atom is 0.360 e. The van der Waals surface area contributed by atoms with Crippen molar-refractivity contribution in [3.63, 3.8) is 0 Å². The van der Waals surface area contributed by atoms with Gasteiger partial charge in [0.05, 0.1) is 5.69 Å². The minimum atomic E-state index is -0.557. The van der Waals surface area contributed by atoms with Gasteiger partial charge < -0.3 is 9.94 Å². The molecule has 22 heavy (non-hydrogen) atoms. The van der Waals surface area contributed by atoms with Gasteiger partial charge in [0.2, 0.25) is 0 Å². The van der Waals surface area contributed by atoms with Crippen LogP contribution in [0.5, 0.6) is 5.75 Å². The van der Waals surface area contributed by atoms with Gasteiger partial charge in [0.1, 0.15) is 17.1 Å². The van der Waals surface area contributed by atoms with E-state index in [-0.39, 0.29) is 11.3 Å². The number of hydrazine groups is 2. The second-order valence-electron chi connectivity index (χ2n) is 4.86. The number of hydrogen-bond acceptors (Lipinski definition) is 6. The molecule has 0 aromatic heterocycles. The number of hydrogen-bond donors (Lipinski definition) is 2. The summed E-state index contributed by atoms with van der Waals surface area (Å²) in [6, 6.07) is 14.1. The van der Waals surface area contributed by atoms with Crippen LogP contribution in [0.1, 0.15) is 6.92 Å². The third kappa shape index (κ3) is 2.31. The molecule has 112 valence electrons. The first-order valence-electron chi connectivity index (χ1n) is 6.69. The summed E-state index contributed by atoms with van der Waals surface area (Å²) in [4.78, 5) is 17.3. The second-order valence-corrected chi connectivity index (χ2v) is 4.86. The number of carbonyl (C=O) groups is 1. The zero-order valence-corrected chi connectivity index (χ0v) is 12.0. The highest BCUT2D eigenvalue weighted by atomic mass is 16.8. The largest absolute Gasteiger partial charge is 0.506 e. The quantitative estimate of drug-likeness (QED) is 0.849. The number of benzene rings is 2. The van der Waals surface area contributed by atoms with Crippen molar-refractivity contribution in [1.82, 2.24) is 0 Å². The maximum absolute atomic E-state index is 11.9. The van der Waals surface area contributed by atoms with E-state index in [2.05, 4.69) is 12.0 Å². The van der Waals surface area contributed by atoms with Gasteiger partial charge in [0, 0.05) is 5.57 Å². The van der Waals surface area contributed by atoms with Crippen molar-refractivity contribution < 1.29 is 14.7 Å². The highest BCUT2D eigenvalue weighted by Crippen LogP contribution is 2.39. The zero-order chi connectivity index (χ0) is 15.7. The molecule has 0 unspecified atom stereocenters. The van der Waals surface area contributed by atoms with Crippen LogP contribution in [0.15, 0.2) is 60.7 Å². The lowest BCUT2D eigenvalue weighted by Crippen LogP contribution is -2.43. The normalized spacial score (nSPS) is 12.6. The van der Waals surface area contributed by atoms with E-state index in [1.54, 1.807) is 37.3 Å². The summed E-state index contributed by atoms with van der Waals surface area (Å²) in [7, 11) is 0. The van der Waals surface area contributed by atoms with E-state index in [1.807, 2.05) is 18.2 Å². The van der Waals surface area contributed by atoms with Crippen LogP contribution < -0.4 is 15.7 Å². The third-order valence-electron chi connectivity index (χ3n) is 3.15. The SMILES string of the molecule is C=C(C)C(=O)ON1c2ccccc2NN1c1ccccc1O. The van der Waals surface area contributed by atoms with Crippen molar-refractivity contribution >= 4 is 23.0 Å². The van der Waals surface area contributed by atoms with Crippen LogP contribution in [0.4, 0.5) is 17.1 Å². The van der Waals surface area contributed by atoms with E-state index in [9.17, 15) is 9.90 Å². The molecular formula is C16H15N3O3. The molecule has 0 aliphatic carbocycles. The number of nitrogens with one attached hydrogen (secondary N) is 1. The highest BCUT2D eigenvalue weighted by Gasteiger charge is 2.32. The molecule has 1 aliphatic rings. The molecule has 3 rings (SSSR count). The maximum atomic E-state index is 11.9. The Hall–Kier alpha value is -3.15. The van der Waals surface area contributed by atoms with Crippen LogP contribution in [0.2, 0.25) is 0 Å². The van der Waals surface area contributed by atoms with E-state index in [4.69, 9.17) is 4.84 Å². The lowest BCUT2D eigenvalue weighted by atomic mass is 10.3. The average Bonchev–Trinajstić information content (AvgIpc) is 2.86. The molecule has 0 atom stereocenters. The lowest BCUT2D eigenvalue weighted by molar-refractivity contribution is -0.140. The van der Waals surface area contributed by atoms with Gasteiger partial charge in [-0.05, 0) is 31.2 Å². The first-order chi connectivity index (χ1) is 10.6. The highest BCUT2D eigenvalue weighted by molar-refractivity contribution is 5.90. The Bertz CT molecular complexity index is 745. The summed E-state index contributed by atoms with van der Waals surface area (Å²) in [5.74, 6) is -0.502. The van der Waals surface area contributed by atoms with Gasteiger partial charge in [-0.2, -0.15) is 5.12 Å². The van der Waals surface area contributed by atoms with Gasteiger partial charge in [0.15, 0.2) is 0 Å². The van der Waals surface area contributed by atoms with Gasteiger partial charge in [-0.3, -0.25) is 5.43 Å². The first kappa shape index (κ1) is 13.8. The molecule has 0 amide bonds. The number of anilines is 3. The minimum Gasteiger partial charge on any atom is -0.506 e. The van der Waals surface area contributed by atoms with E-state index < -0.39 is 5.97 Å². The van der Waals surface area contributed by atoms with Crippen molar-refractivity contribution in [3.8, 4) is 5.75 Å². The Morgan fingerprint density at radius 1 is 1.14 bits per heavy atom. The fourth-order valence-electron chi connectivity index (χ4n) is 2.05. The Morgan fingerprint density at radius 2 is 1.77 bits per heavy atom. The molecule has 0 radical (unpaired) electrons. The van der Waals surface area contributed by atoms with Gasteiger partial charge >= 0.3 is 5.97 Å². The molecule has 0 saturated carbocycles. The topological polar surface area (TPSA) is 65.0 Å². The standard InChI is InChI=1S/C16H15N3O3/c1-11(2)16(21)22-19-13-8-4-3-7-12(13)17-18(19)14-9-5-6-10-15(14)20/h3-10,17,20H,1H2,2H3. The number of phenolic OH excluding ortho intramolecular Hbond substituents is 1. The van der Waals surface area contributed by atoms with Crippen molar-refractivity contribution in [2.75, 3.05) is 15.7 Å². The molecule has 6 nitrogen and oxygen atoms in total. The van der Waals surface area contributed by atoms with E-state index in [0.29, 0.717) is 11.4 Å². The van der Waals surface area contributed by atoms with Crippen LogP contribution in [0.3, 0.4) is 0 Å². The van der Waals surface area contributed by atoms with Gasteiger partial charge in [-0.1, -0.05) is 36.0 Å². The molecule has 1 aliphatic heterocycles. The number of rotatable bonds is 3. The Morgan fingerprint density at radius 3 is 2.45 bits per heavy atom. The molecule has 2 aromatic carbocycles. The predicted molar refractivity (Wildman–Crippen MR) is 84.0 cm³/mol. The van der Waals surface area contributed by atoms with Crippen LogP contribution in [0, 0.1) is 0 Å². The van der Waals surface area contributed by atoms with Crippen molar-refractivity contribution in [2.45, 2.75) is 6.92 Å². The number of phenols is 1. The molecule has 0 bridgehead atoms. The Balaban J connectivity index is 2.01. The van der Waals surface area contributed by atoms with E-state index >= 15 is 0 Å². The Kier molecular flexibility index (Phi) is 3.34. The molecule has 0 saturated heterocycles. The number of carbonyl (C=O) groups excluding carboxylic acids is 1. The van der Waals surface area contributed by atoms with Crippen LogP contribution in [-0.2, 0) is 9.63 Å². The van der Waals surface area contributed by atoms with Gasteiger partial charge in [-0.15, -0.1) is 0 Å². The molecule has 1 heterocycles. The fourth-order valence-corrected chi connectivity index (χ4v) is 2.05. The molecule has 2 aromatic rings. The van der Waals surface area contributed by atoms with Crippen LogP contribution in [-0.4, -0.2) is 11.1 Å². The fraction of sp³-hybridized carbons (Fsp3) is 0.0625. The summed E-state index contributed by atoms with van der Waals surface area (Å²) in [5, 5.41) is 12.8. The second kappa shape index (κ2) is 5.33. The number of para-hydroxylation sites is 4. The van der Waals surface area contributed by atoms with E-state index in [1.165, 1.54) is 10.3 Å². The minimum absolute atomic E-state index is 0.0548. The molecular weight excluding hydrogens is 282 g/mol. The summed E-state index contributed by atoms with van der Waals surface area (Å²) < 4.78 is 0. The van der Waals surface area contributed by atoms with Gasteiger partial charge in [0.25, 0.3) is 0 Å². The monoisotopic (exact) mass is 297 g/mol. The third-order valence-corrected chi connectivity index (χ3v) is 3.15. The number of aromatic hydroxyl groups is 1. The van der Waals surface area contributed by atoms with E-state index in [0.717, 1.165) is 5.69 Å². The summed E-state index contributed by atoms with van der Waals surface area (Å²) >= 11 is 0. The van der Waals surface area contributed by atoms with Crippen molar-refractivity contribution in [2.24, 2.45) is 0 Å². The smallest absolute Gasteiger partial charge is 0.360 e. The molecule has 2 N–H and O–H groups in total. The summed E-state index contributed by atoms with van der Waals surface area (Å²) in [6.45, 7) is 5.15. The molecule has 0 fully saturated rings. The lowest BCUT2D eigenvalue weighted by Gasteiger charge is -2.28. The summed E-state index contributed by atoms with van der Waals surface area (Å²) in [6.07, 6.45) is 0. The van der Waals surface area contributed by atoms with Crippen LogP contribution in [0.25, 0.3) is 0 Å². The Labute approximate surface area is 127 Å². The molecule has 0 spiro atoms. The average molecular weight is 297 g/mol. The van der Waals surface area contributed by atoms with Crippen LogP contribution >= 0.6 is 0 Å². The summed E-state index contributed by atoms with van der Waals surface area (Å²) in [5.41, 5.74) is 5.21. The molecule has 6 heteroatoms. The number of fused-ring (bicyclic) bond motifs is 1.